The second kappa shape index (κ2) is 8.84. The Morgan fingerprint density at radius 2 is 1.31 bits per heavy atom. The second-order valence-electron chi connectivity index (χ2n) is 9.16. The van der Waals surface area contributed by atoms with Crippen LogP contribution in [0.3, 0.4) is 0 Å². The monoisotopic (exact) mass is 445 g/mol. The number of piperidine rings is 1. The van der Waals surface area contributed by atoms with Crippen molar-refractivity contribution in [3.05, 3.63) is 102 Å². The van der Waals surface area contributed by atoms with Crippen LogP contribution in [0.1, 0.15) is 42.7 Å². The van der Waals surface area contributed by atoms with Gasteiger partial charge in [-0.15, -0.1) is 0 Å². The summed E-state index contributed by atoms with van der Waals surface area (Å²) in [5.74, 6) is 0.0144. The third-order valence-electron chi connectivity index (χ3n) is 7.39. The van der Waals surface area contributed by atoms with Gasteiger partial charge in [0.15, 0.2) is 9.84 Å². The van der Waals surface area contributed by atoms with Crippen LogP contribution in [0.2, 0.25) is 0 Å². The first-order chi connectivity index (χ1) is 15.7. The molecule has 0 amide bonds. The van der Waals surface area contributed by atoms with E-state index in [9.17, 15) is 8.42 Å². The quantitative estimate of drug-likeness (QED) is 0.472. The Balaban J connectivity index is 1.61. The van der Waals surface area contributed by atoms with Gasteiger partial charge in [0.2, 0.25) is 0 Å². The summed E-state index contributed by atoms with van der Waals surface area (Å²) in [5.41, 5.74) is 2.04. The van der Waals surface area contributed by atoms with Crippen molar-refractivity contribution < 1.29 is 8.42 Å². The summed E-state index contributed by atoms with van der Waals surface area (Å²) in [4.78, 5) is 2.94. The molecule has 0 N–H and O–H groups in total. The Kier molecular flexibility index (Phi) is 5.92. The molecule has 3 aromatic carbocycles. The van der Waals surface area contributed by atoms with E-state index in [0.717, 1.165) is 37.2 Å². The van der Waals surface area contributed by atoms with Gasteiger partial charge < -0.3 is 4.90 Å². The summed E-state index contributed by atoms with van der Waals surface area (Å²) in [6.45, 7) is 3.23. The van der Waals surface area contributed by atoms with Crippen molar-refractivity contribution in [1.29, 1.82) is 0 Å². The normalized spacial score (nSPS) is 26.0. The standard InChI is InChI=1S/C28H31NO2S/c30-32(31,25-17-9-3-10-18-25)28(24-15-7-2-8-16-24)26(19-22-29-20-11-4-12-21-29)27(28)23-13-5-1-6-14-23/h1-3,5-10,13-18,26-27H,4,11-12,19-22H2/t26-,27-,28-/m0/s1. The summed E-state index contributed by atoms with van der Waals surface area (Å²) in [6.07, 6.45) is 4.70. The predicted octanol–water partition coefficient (Wildman–Crippen LogP) is 5.65. The number of hydrogen-bond donors (Lipinski definition) is 0. The minimum atomic E-state index is -3.60. The highest BCUT2D eigenvalue weighted by molar-refractivity contribution is 7.92. The van der Waals surface area contributed by atoms with Gasteiger partial charge in [-0.2, -0.15) is 0 Å². The highest BCUT2D eigenvalue weighted by atomic mass is 32.2. The average molecular weight is 446 g/mol. The molecular weight excluding hydrogens is 414 g/mol. The highest BCUT2D eigenvalue weighted by Gasteiger charge is 2.73. The van der Waals surface area contributed by atoms with Crippen LogP contribution in [0.15, 0.2) is 95.9 Å². The zero-order valence-electron chi connectivity index (χ0n) is 18.4. The van der Waals surface area contributed by atoms with Crippen LogP contribution >= 0.6 is 0 Å². The van der Waals surface area contributed by atoms with Crippen molar-refractivity contribution in [2.75, 3.05) is 19.6 Å². The van der Waals surface area contributed by atoms with Crippen LogP contribution in [0.25, 0.3) is 0 Å². The molecule has 166 valence electrons. The largest absolute Gasteiger partial charge is 0.303 e. The molecule has 1 heterocycles. The van der Waals surface area contributed by atoms with Crippen molar-refractivity contribution in [3.63, 3.8) is 0 Å². The maximum Gasteiger partial charge on any atom is 0.189 e. The maximum atomic E-state index is 14.3. The van der Waals surface area contributed by atoms with Gasteiger partial charge >= 0.3 is 0 Å². The zero-order valence-corrected chi connectivity index (χ0v) is 19.3. The molecule has 0 spiro atoms. The molecule has 0 aromatic heterocycles. The van der Waals surface area contributed by atoms with Crippen LogP contribution < -0.4 is 0 Å². The predicted molar refractivity (Wildman–Crippen MR) is 129 cm³/mol. The van der Waals surface area contributed by atoms with E-state index in [0.29, 0.717) is 4.90 Å². The van der Waals surface area contributed by atoms with Crippen LogP contribution in [-0.4, -0.2) is 33.0 Å². The van der Waals surface area contributed by atoms with E-state index in [2.05, 4.69) is 17.0 Å². The SMILES string of the molecule is O=S(=O)(c1ccccc1)[C@@]1(c2ccccc2)[C@@H](CCN2CCCCC2)[C@@H]1c1ccccc1. The minimum Gasteiger partial charge on any atom is -0.303 e. The lowest BCUT2D eigenvalue weighted by Crippen LogP contribution is -2.32. The lowest BCUT2D eigenvalue weighted by atomic mass is 10.0. The zero-order chi connectivity index (χ0) is 22.0. The van der Waals surface area contributed by atoms with Crippen LogP contribution in [0.5, 0.6) is 0 Å². The first kappa shape index (κ1) is 21.4. The van der Waals surface area contributed by atoms with Crippen molar-refractivity contribution in [1.82, 2.24) is 4.90 Å². The van der Waals surface area contributed by atoms with E-state index < -0.39 is 14.6 Å². The van der Waals surface area contributed by atoms with E-state index in [1.165, 1.54) is 19.3 Å². The van der Waals surface area contributed by atoms with Crippen molar-refractivity contribution in [2.45, 2.75) is 41.2 Å². The fourth-order valence-electron chi connectivity index (χ4n) is 5.87. The Labute approximate surface area is 192 Å². The molecule has 1 saturated heterocycles. The van der Waals surface area contributed by atoms with Gasteiger partial charge in [-0.3, -0.25) is 0 Å². The van der Waals surface area contributed by atoms with Crippen molar-refractivity contribution in [3.8, 4) is 0 Å². The Morgan fingerprint density at radius 1 is 0.750 bits per heavy atom. The molecule has 5 rings (SSSR count). The van der Waals surface area contributed by atoms with Crippen LogP contribution in [0, 0.1) is 5.92 Å². The van der Waals surface area contributed by atoms with E-state index in [-0.39, 0.29) is 11.8 Å². The maximum absolute atomic E-state index is 14.3. The number of rotatable bonds is 7. The number of hydrogen-bond acceptors (Lipinski definition) is 3. The minimum absolute atomic E-state index is 0.0407. The summed E-state index contributed by atoms with van der Waals surface area (Å²) in [5, 5.41) is 0. The molecule has 0 radical (unpaired) electrons. The van der Waals surface area contributed by atoms with Gasteiger partial charge in [0, 0.05) is 5.92 Å². The van der Waals surface area contributed by atoms with Crippen LogP contribution in [0.4, 0.5) is 0 Å². The molecule has 2 aliphatic rings. The smallest absolute Gasteiger partial charge is 0.189 e. The number of sulfone groups is 1. The van der Waals surface area contributed by atoms with Gasteiger partial charge in [-0.05, 0) is 68.1 Å². The number of nitrogens with zero attached hydrogens (tertiary/aromatic N) is 1. The Hall–Kier alpha value is -2.43. The molecule has 1 saturated carbocycles. The molecule has 3 aromatic rings. The highest BCUT2D eigenvalue weighted by Crippen LogP contribution is 2.71. The summed E-state index contributed by atoms with van der Waals surface area (Å²) < 4.78 is 27.8. The van der Waals surface area contributed by atoms with E-state index in [1.807, 2.05) is 66.7 Å². The molecular formula is C28H31NO2S. The first-order valence-corrected chi connectivity index (χ1v) is 13.3. The van der Waals surface area contributed by atoms with Crippen LogP contribution in [-0.2, 0) is 14.6 Å². The lowest BCUT2D eigenvalue weighted by molar-refractivity contribution is 0.221. The van der Waals surface area contributed by atoms with Gasteiger partial charge in [-0.1, -0.05) is 85.3 Å². The molecule has 3 atom stereocenters. The Morgan fingerprint density at radius 3 is 1.94 bits per heavy atom. The molecule has 1 aliphatic carbocycles. The van der Waals surface area contributed by atoms with Gasteiger partial charge in [0.1, 0.15) is 4.75 Å². The van der Waals surface area contributed by atoms with E-state index in [4.69, 9.17) is 0 Å². The number of likely N-dealkylation sites (tertiary alicyclic amines) is 1. The summed E-state index contributed by atoms with van der Waals surface area (Å²) in [6, 6.07) is 29.2. The summed E-state index contributed by atoms with van der Waals surface area (Å²) in [7, 11) is -3.60. The van der Waals surface area contributed by atoms with Gasteiger partial charge in [0.25, 0.3) is 0 Å². The fraction of sp³-hybridized carbons (Fsp3) is 0.357. The van der Waals surface area contributed by atoms with Gasteiger partial charge in [-0.25, -0.2) is 8.42 Å². The lowest BCUT2D eigenvalue weighted by Gasteiger charge is -2.27. The summed E-state index contributed by atoms with van der Waals surface area (Å²) >= 11 is 0. The van der Waals surface area contributed by atoms with Crippen molar-refractivity contribution in [2.24, 2.45) is 5.92 Å². The van der Waals surface area contributed by atoms with E-state index in [1.54, 1.807) is 12.1 Å². The third kappa shape index (κ3) is 3.60. The molecule has 3 nitrogen and oxygen atoms in total. The Bertz CT molecular complexity index is 1130. The molecule has 2 fully saturated rings. The second-order valence-corrected chi connectivity index (χ2v) is 11.3. The van der Waals surface area contributed by atoms with Crippen molar-refractivity contribution >= 4 is 9.84 Å². The molecule has 0 bridgehead atoms. The average Bonchev–Trinajstić information content (AvgIpc) is 3.55. The first-order valence-electron chi connectivity index (χ1n) is 11.8. The molecule has 32 heavy (non-hydrogen) atoms. The third-order valence-corrected chi connectivity index (χ3v) is 9.97. The molecule has 0 unspecified atom stereocenters. The molecule has 1 aliphatic heterocycles. The topological polar surface area (TPSA) is 37.4 Å². The molecule has 4 heteroatoms. The van der Waals surface area contributed by atoms with Gasteiger partial charge in [0.05, 0.1) is 4.90 Å². The number of benzene rings is 3. The van der Waals surface area contributed by atoms with E-state index >= 15 is 0 Å². The fourth-order valence-corrected chi connectivity index (χ4v) is 8.44.